The molecule has 1 heterocycles. The normalized spacial score (nSPS) is 21.3. The predicted octanol–water partition coefficient (Wildman–Crippen LogP) is 2.58. The molecule has 0 saturated carbocycles. The fourth-order valence-electron chi connectivity index (χ4n) is 2.03. The molecule has 1 N–H and O–H groups in total. The molecule has 0 aliphatic carbocycles. The number of hydrogen-bond acceptors (Lipinski definition) is 2. The average molecular weight is 194 g/mol. The minimum atomic E-state index is -0.255. The minimum absolute atomic E-state index is 0.255. The van der Waals surface area contributed by atoms with E-state index in [9.17, 15) is 5.11 Å². The van der Waals surface area contributed by atoms with Gasteiger partial charge in [-0.1, -0.05) is 17.7 Å². The minimum Gasteiger partial charge on any atom is -0.388 e. The molecule has 0 amide bonds. The second kappa shape index (κ2) is 3.35. The maximum absolute atomic E-state index is 9.81. The molecule has 1 aliphatic heterocycles. The molecule has 1 nitrogen and oxygen atoms in total. The van der Waals surface area contributed by atoms with Gasteiger partial charge in [0.1, 0.15) is 0 Å². The Kier molecular flexibility index (Phi) is 2.35. The highest BCUT2D eigenvalue weighted by Crippen LogP contribution is 2.34. The first-order valence-electron chi connectivity index (χ1n) is 4.54. The highest BCUT2D eigenvalue weighted by Gasteiger charge is 2.20. The van der Waals surface area contributed by atoms with E-state index in [1.54, 1.807) is 0 Å². The number of benzene rings is 1. The van der Waals surface area contributed by atoms with Crippen molar-refractivity contribution < 1.29 is 5.11 Å². The largest absolute Gasteiger partial charge is 0.388 e. The van der Waals surface area contributed by atoms with E-state index in [1.807, 2.05) is 11.8 Å². The van der Waals surface area contributed by atoms with Crippen LogP contribution in [0.15, 0.2) is 12.1 Å². The van der Waals surface area contributed by atoms with Crippen molar-refractivity contribution in [1.29, 1.82) is 0 Å². The van der Waals surface area contributed by atoms with Gasteiger partial charge >= 0.3 is 0 Å². The summed E-state index contributed by atoms with van der Waals surface area (Å²) in [6, 6.07) is 4.34. The summed E-state index contributed by atoms with van der Waals surface area (Å²) in [5.74, 6) is 1.89. The second-order valence-electron chi connectivity index (χ2n) is 3.69. The summed E-state index contributed by atoms with van der Waals surface area (Å²) < 4.78 is 0. The molecule has 2 rings (SSSR count). The summed E-state index contributed by atoms with van der Waals surface area (Å²) >= 11 is 1.81. The topological polar surface area (TPSA) is 20.2 Å². The zero-order valence-electron chi connectivity index (χ0n) is 8.00. The van der Waals surface area contributed by atoms with Gasteiger partial charge in [-0.2, -0.15) is 11.8 Å². The van der Waals surface area contributed by atoms with Crippen LogP contribution in [0.1, 0.15) is 28.4 Å². The third-order valence-electron chi connectivity index (χ3n) is 2.48. The molecule has 1 aromatic carbocycles. The van der Waals surface area contributed by atoms with E-state index in [-0.39, 0.29) is 6.10 Å². The molecule has 0 radical (unpaired) electrons. The van der Waals surface area contributed by atoms with Crippen LogP contribution in [0.4, 0.5) is 0 Å². The monoisotopic (exact) mass is 194 g/mol. The van der Waals surface area contributed by atoms with Gasteiger partial charge in [0.05, 0.1) is 6.10 Å². The van der Waals surface area contributed by atoms with Crippen LogP contribution in [-0.4, -0.2) is 10.9 Å². The summed E-state index contributed by atoms with van der Waals surface area (Å²) in [6.07, 6.45) is -0.255. The van der Waals surface area contributed by atoms with Crippen molar-refractivity contribution in [3.8, 4) is 0 Å². The van der Waals surface area contributed by atoms with Crippen molar-refractivity contribution in [2.24, 2.45) is 0 Å². The number of thioether (sulfide) groups is 1. The van der Waals surface area contributed by atoms with Crippen molar-refractivity contribution in [2.75, 3.05) is 5.75 Å². The third kappa shape index (κ3) is 1.61. The summed E-state index contributed by atoms with van der Waals surface area (Å²) in [5, 5.41) is 9.81. The lowest BCUT2D eigenvalue weighted by molar-refractivity contribution is 0.201. The van der Waals surface area contributed by atoms with Crippen LogP contribution in [-0.2, 0) is 5.75 Å². The van der Waals surface area contributed by atoms with Gasteiger partial charge in [0.25, 0.3) is 0 Å². The van der Waals surface area contributed by atoms with Gasteiger partial charge in [0, 0.05) is 11.5 Å². The van der Waals surface area contributed by atoms with Crippen LogP contribution < -0.4 is 0 Å². The lowest BCUT2D eigenvalue weighted by Gasteiger charge is -2.23. The van der Waals surface area contributed by atoms with Crippen LogP contribution >= 0.6 is 11.8 Å². The Balaban J connectivity index is 2.56. The molecule has 0 saturated heterocycles. The van der Waals surface area contributed by atoms with Crippen molar-refractivity contribution in [3.63, 3.8) is 0 Å². The van der Waals surface area contributed by atoms with Gasteiger partial charge in [-0.25, -0.2) is 0 Å². The molecule has 1 atom stereocenters. The Morgan fingerprint density at radius 1 is 1.38 bits per heavy atom. The SMILES string of the molecule is Cc1cc(C)c2c(c1)CSC[C@H]2O. The van der Waals surface area contributed by atoms with Crippen molar-refractivity contribution >= 4 is 11.8 Å². The van der Waals surface area contributed by atoms with E-state index in [4.69, 9.17) is 0 Å². The van der Waals surface area contributed by atoms with Crippen LogP contribution in [0, 0.1) is 13.8 Å². The van der Waals surface area contributed by atoms with E-state index >= 15 is 0 Å². The smallest absolute Gasteiger partial charge is 0.0886 e. The number of aliphatic hydroxyl groups is 1. The van der Waals surface area contributed by atoms with E-state index in [2.05, 4.69) is 26.0 Å². The van der Waals surface area contributed by atoms with E-state index in [0.29, 0.717) is 0 Å². The molecule has 0 fully saturated rings. The number of hydrogen-bond donors (Lipinski definition) is 1. The van der Waals surface area contributed by atoms with Crippen molar-refractivity contribution in [1.82, 2.24) is 0 Å². The Bertz CT molecular complexity index is 333. The number of aliphatic hydroxyl groups excluding tert-OH is 1. The number of aryl methyl sites for hydroxylation is 2. The van der Waals surface area contributed by atoms with Crippen LogP contribution in [0.2, 0.25) is 0 Å². The first kappa shape index (κ1) is 9.10. The first-order chi connectivity index (χ1) is 6.18. The molecular weight excluding hydrogens is 180 g/mol. The molecule has 0 spiro atoms. The highest BCUT2D eigenvalue weighted by molar-refractivity contribution is 7.98. The van der Waals surface area contributed by atoms with Gasteiger partial charge in [-0.05, 0) is 30.5 Å². The van der Waals surface area contributed by atoms with Gasteiger partial charge in [0.15, 0.2) is 0 Å². The Morgan fingerprint density at radius 2 is 2.15 bits per heavy atom. The van der Waals surface area contributed by atoms with E-state index in [1.165, 1.54) is 22.3 Å². The van der Waals surface area contributed by atoms with Crippen LogP contribution in [0.3, 0.4) is 0 Å². The standard InChI is InChI=1S/C11H14OS/c1-7-3-8(2)11-9(4-7)5-13-6-10(11)12/h3-4,10,12H,5-6H2,1-2H3/t10-/m1/s1. The lowest BCUT2D eigenvalue weighted by atomic mass is 9.96. The summed E-state index contributed by atoms with van der Waals surface area (Å²) in [5.41, 5.74) is 5.03. The highest BCUT2D eigenvalue weighted by atomic mass is 32.2. The average Bonchev–Trinajstić information content (AvgIpc) is 2.02. The van der Waals surface area contributed by atoms with Crippen LogP contribution in [0.5, 0.6) is 0 Å². The Morgan fingerprint density at radius 3 is 2.92 bits per heavy atom. The molecule has 1 aromatic rings. The van der Waals surface area contributed by atoms with Gasteiger partial charge in [0.2, 0.25) is 0 Å². The van der Waals surface area contributed by atoms with E-state index < -0.39 is 0 Å². The lowest BCUT2D eigenvalue weighted by Crippen LogP contribution is -2.12. The molecular formula is C11H14OS. The Labute approximate surface area is 83.2 Å². The predicted molar refractivity (Wildman–Crippen MR) is 57.0 cm³/mol. The maximum atomic E-state index is 9.81. The first-order valence-corrected chi connectivity index (χ1v) is 5.70. The van der Waals surface area contributed by atoms with Gasteiger partial charge in [-0.3, -0.25) is 0 Å². The summed E-state index contributed by atoms with van der Waals surface area (Å²) in [7, 11) is 0. The number of rotatable bonds is 0. The zero-order chi connectivity index (χ0) is 9.42. The quantitative estimate of drug-likeness (QED) is 0.685. The second-order valence-corrected chi connectivity index (χ2v) is 4.72. The molecule has 70 valence electrons. The summed E-state index contributed by atoms with van der Waals surface area (Å²) in [4.78, 5) is 0. The summed E-state index contributed by atoms with van der Waals surface area (Å²) in [6.45, 7) is 4.20. The number of fused-ring (bicyclic) bond motifs is 1. The van der Waals surface area contributed by atoms with Gasteiger partial charge in [-0.15, -0.1) is 0 Å². The van der Waals surface area contributed by atoms with E-state index in [0.717, 1.165) is 11.5 Å². The third-order valence-corrected chi connectivity index (χ3v) is 3.55. The van der Waals surface area contributed by atoms with Gasteiger partial charge < -0.3 is 5.11 Å². The van der Waals surface area contributed by atoms with Crippen molar-refractivity contribution in [2.45, 2.75) is 25.7 Å². The molecule has 1 aliphatic rings. The molecule has 13 heavy (non-hydrogen) atoms. The Hall–Kier alpha value is -0.470. The molecule has 0 unspecified atom stereocenters. The fourth-order valence-corrected chi connectivity index (χ4v) is 2.99. The van der Waals surface area contributed by atoms with Crippen LogP contribution in [0.25, 0.3) is 0 Å². The zero-order valence-corrected chi connectivity index (χ0v) is 8.82. The van der Waals surface area contributed by atoms with Crippen molar-refractivity contribution in [3.05, 3.63) is 34.4 Å². The maximum Gasteiger partial charge on any atom is 0.0886 e. The molecule has 0 bridgehead atoms. The molecule has 0 aromatic heterocycles. The molecule has 2 heteroatoms. The fraction of sp³-hybridized carbons (Fsp3) is 0.455.